The Morgan fingerprint density at radius 3 is 2.43 bits per heavy atom. The molecule has 0 bridgehead atoms. The van der Waals surface area contributed by atoms with Crippen molar-refractivity contribution < 1.29 is 0 Å². The molecule has 0 aliphatic carbocycles. The summed E-state index contributed by atoms with van der Waals surface area (Å²) < 4.78 is 0. The highest BCUT2D eigenvalue weighted by Crippen LogP contribution is 2.22. The van der Waals surface area contributed by atoms with Crippen molar-refractivity contribution in [3.8, 4) is 11.3 Å². The van der Waals surface area contributed by atoms with Gasteiger partial charge < -0.3 is 10.7 Å². The highest BCUT2D eigenvalue weighted by Gasteiger charge is 2.12. The summed E-state index contributed by atoms with van der Waals surface area (Å²) >= 11 is 0. The lowest BCUT2D eigenvalue weighted by atomic mass is 10.1. The molecule has 3 nitrogen and oxygen atoms in total. The lowest BCUT2D eigenvalue weighted by Gasteiger charge is -2.08. The molecule has 1 unspecified atom stereocenters. The largest absolute Gasteiger partial charge is 0.340 e. The predicted molar refractivity (Wildman–Crippen MR) is 85.9 cm³/mol. The highest BCUT2D eigenvalue weighted by molar-refractivity contribution is 5.59. The van der Waals surface area contributed by atoms with Crippen molar-refractivity contribution in [3.05, 3.63) is 77.7 Å². The molecule has 1 heterocycles. The van der Waals surface area contributed by atoms with Crippen molar-refractivity contribution in [2.45, 2.75) is 19.4 Å². The fourth-order valence-electron chi connectivity index (χ4n) is 2.38. The minimum absolute atomic E-state index is 0.227. The second-order valence-electron chi connectivity index (χ2n) is 5.12. The number of aromatic amines is 1. The number of hydrogen-bond acceptors (Lipinski definition) is 2. The van der Waals surface area contributed by atoms with Crippen LogP contribution in [-0.2, 0) is 6.42 Å². The molecular weight excluding hydrogens is 258 g/mol. The summed E-state index contributed by atoms with van der Waals surface area (Å²) in [6, 6.07) is 18.3. The third-order valence-electron chi connectivity index (χ3n) is 3.72. The van der Waals surface area contributed by atoms with E-state index >= 15 is 0 Å². The van der Waals surface area contributed by atoms with Crippen molar-refractivity contribution in [1.29, 1.82) is 0 Å². The Balaban J connectivity index is 1.85. The van der Waals surface area contributed by atoms with Crippen molar-refractivity contribution >= 4 is 0 Å². The zero-order valence-corrected chi connectivity index (χ0v) is 12.1. The third kappa shape index (κ3) is 2.88. The molecule has 0 saturated heterocycles. The molecular formula is C18H19N3. The van der Waals surface area contributed by atoms with Crippen LogP contribution >= 0.6 is 0 Å². The predicted octanol–water partition coefficient (Wildman–Crippen LogP) is 3.69. The first kappa shape index (κ1) is 13.6. The molecule has 1 aromatic heterocycles. The molecule has 0 radical (unpaired) electrons. The Hall–Kier alpha value is -2.39. The van der Waals surface area contributed by atoms with Gasteiger partial charge in [0, 0.05) is 0 Å². The molecule has 0 saturated carbocycles. The third-order valence-corrected chi connectivity index (χ3v) is 3.72. The van der Waals surface area contributed by atoms with Crippen molar-refractivity contribution in [2.75, 3.05) is 0 Å². The van der Waals surface area contributed by atoms with Gasteiger partial charge in [0.1, 0.15) is 5.82 Å². The lowest BCUT2D eigenvalue weighted by molar-refractivity contribution is 0.801. The van der Waals surface area contributed by atoms with Gasteiger partial charge in [0.15, 0.2) is 0 Å². The number of nitrogens with one attached hydrogen (secondary N) is 1. The van der Waals surface area contributed by atoms with Gasteiger partial charge in [-0.1, -0.05) is 61.5 Å². The van der Waals surface area contributed by atoms with Crippen LogP contribution in [0.15, 0.2) is 60.8 Å². The normalized spacial score (nSPS) is 12.3. The summed E-state index contributed by atoms with van der Waals surface area (Å²) in [5.41, 5.74) is 10.8. The number of nitrogens with two attached hydrogens (primary N) is 1. The number of H-pyrrole nitrogens is 1. The summed E-state index contributed by atoms with van der Waals surface area (Å²) in [6.45, 7) is 2.15. The van der Waals surface area contributed by atoms with E-state index in [0.717, 1.165) is 29.1 Å². The Bertz CT molecular complexity index is 699. The topological polar surface area (TPSA) is 54.7 Å². The van der Waals surface area contributed by atoms with Gasteiger partial charge in [-0.25, -0.2) is 4.98 Å². The van der Waals surface area contributed by atoms with Crippen LogP contribution in [0.25, 0.3) is 11.3 Å². The van der Waals surface area contributed by atoms with E-state index in [1.165, 1.54) is 5.56 Å². The van der Waals surface area contributed by atoms with Crippen LogP contribution in [0.2, 0.25) is 0 Å². The van der Waals surface area contributed by atoms with Gasteiger partial charge in [-0.15, -0.1) is 0 Å². The molecule has 1 atom stereocenters. The van der Waals surface area contributed by atoms with Crippen LogP contribution < -0.4 is 5.73 Å². The van der Waals surface area contributed by atoms with Crippen LogP contribution in [0.4, 0.5) is 0 Å². The SMILES string of the molecule is CCc1ccc(-c2cnc(C(N)c3ccccc3)[nH]2)cc1. The number of nitrogens with zero attached hydrogens (tertiary/aromatic N) is 1. The second kappa shape index (κ2) is 5.94. The van der Waals surface area contributed by atoms with E-state index in [9.17, 15) is 0 Å². The van der Waals surface area contributed by atoms with Gasteiger partial charge >= 0.3 is 0 Å². The molecule has 0 fully saturated rings. The van der Waals surface area contributed by atoms with Crippen LogP contribution in [0.3, 0.4) is 0 Å². The first-order chi connectivity index (χ1) is 10.3. The van der Waals surface area contributed by atoms with Gasteiger partial charge in [0.25, 0.3) is 0 Å². The fraction of sp³-hybridized carbons (Fsp3) is 0.167. The van der Waals surface area contributed by atoms with E-state index in [-0.39, 0.29) is 6.04 Å². The smallest absolute Gasteiger partial charge is 0.128 e. The molecule has 3 N–H and O–H groups in total. The van der Waals surface area contributed by atoms with E-state index in [1.807, 2.05) is 36.5 Å². The number of benzene rings is 2. The average molecular weight is 277 g/mol. The Kier molecular flexibility index (Phi) is 3.84. The summed E-state index contributed by atoms with van der Waals surface area (Å²) in [5, 5.41) is 0. The van der Waals surface area contributed by atoms with Gasteiger partial charge in [0.05, 0.1) is 17.9 Å². The molecule has 21 heavy (non-hydrogen) atoms. The molecule has 106 valence electrons. The molecule has 2 aromatic carbocycles. The standard InChI is InChI=1S/C18H19N3/c1-2-13-8-10-14(11-9-13)16-12-20-18(21-16)17(19)15-6-4-3-5-7-15/h3-12,17H,2,19H2,1H3,(H,20,21). The summed E-state index contributed by atoms with van der Waals surface area (Å²) in [5.74, 6) is 0.788. The molecule has 0 aliphatic rings. The molecule has 3 rings (SSSR count). The van der Waals surface area contributed by atoms with Crippen LogP contribution in [0.1, 0.15) is 29.9 Å². The van der Waals surface area contributed by atoms with Gasteiger partial charge in [-0.3, -0.25) is 0 Å². The lowest BCUT2D eigenvalue weighted by Crippen LogP contribution is -2.13. The number of rotatable bonds is 4. The first-order valence-corrected chi connectivity index (χ1v) is 7.22. The molecule has 3 aromatic rings. The molecule has 3 heteroatoms. The van der Waals surface area contributed by atoms with E-state index in [4.69, 9.17) is 5.73 Å². The van der Waals surface area contributed by atoms with Gasteiger partial charge in [-0.2, -0.15) is 0 Å². The van der Waals surface area contributed by atoms with E-state index < -0.39 is 0 Å². The quantitative estimate of drug-likeness (QED) is 0.764. The fourth-order valence-corrected chi connectivity index (χ4v) is 2.38. The van der Waals surface area contributed by atoms with Crippen molar-refractivity contribution in [3.63, 3.8) is 0 Å². The first-order valence-electron chi connectivity index (χ1n) is 7.22. The minimum Gasteiger partial charge on any atom is -0.340 e. The Morgan fingerprint density at radius 2 is 1.76 bits per heavy atom. The zero-order chi connectivity index (χ0) is 14.7. The zero-order valence-electron chi connectivity index (χ0n) is 12.1. The van der Waals surface area contributed by atoms with Crippen molar-refractivity contribution in [2.24, 2.45) is 5.73 Å². The van der Waals surface area contributed by atoms with E-state index in [1.54, 1.807) is 0 Å². The minimum atomic E-state index is -0.227. The van der Waals surface area contributed by atoms with E-state index in [2.05, 4.69) is 41.2 Å². The number of hydrogen-bond donors (Lipinski definition) is 2. The van der Waals surface area contributed by atoms with Crippen LogP contribution in [0.5, 0.6) is 0 Å². The molecule has 0 aliphatic heterocycles. The summed E-state index contributed by atoms with van der Waals surface area (Å²) in [4.78, 5) is 7.76. The number of aryl methyl sites for hydroxylation is 1. The molecule has 0 amide bonds. The van der Waals surface area contributed by atoms with E-state index in [0.29, 0.717) is 0 Å². The maximum Gasteiger partial charge on any atom is 0.128 e. The Morgan fingerprint density at radius 1 is 1.05 bits per heavy atom. The summed E-state index contributed by atoms with van der Waals surface area (Å²) in [6.07, 6.45) is 2.90. The van der Waals surface area contributed by atoms with Crippen LogP contribution in [-0.4, -0.2) is 9.97 Å². The number of imidazole rings is 1. The van der Waals surface area contributed by atoms with Crippen molar-refractivity contribution in [1.82, 2.24) is 9.97 Å². The maximum atomic E-state index is 6.26. The highest BCUT2D eigenvalue weighted by atomic mass is 15.0. The molecule has 0 spiro atoms. The second-order valence-corrected chi connectivity index (χ2v) is 5.12. The monoisotopic (exact) mass is 277 g/mol. The Labute approximate surface area is 124 Å². The average Bonchev–Trinajstić information content (AvgIpc) is 3.05. The van der Waals surface area contributed by atoms with Crippen LogP contribution in [0, 0.1) is 0 Å². The number of aromatic nitrogens is 2. The maximum absolute atomic E-state index is 6.26. The van der Waals surface area contributed by atoms with Gasteiger partial charge in [-0.05, 0) is 23.1 Å². The van der Waals surface area contributed by atoms with Gasteiger partial charge in [0.2, 0.25) is 0 Å². The summed E-state index contributed by atoms with van der Waals surface area (Å²) in [7, 11) is 0.